The van der Waals surface area contributed by atoms with E-state index < -0.39 is 0 Å². The summed E-state index contributed by atoms with van der Waals surface area (Å²) < 4.78 is 6.68. The zero-order valence-corrected chi connectivity index (χ0v) is 11.9. The lowest BCUT2D eigenvalue weighted by Gasteiger charge is -2.06. The standard InChI is InChI=1S/C13H14N6O2/c1-7(2)11-10(6-15-21-11)16-13(20)8-4-9-12(14-5-8)19(3)18-17-9/h4-7H,1-3H3,(H,16,20). The minimum Gasteiger partial charge on any atom is -0.359 e. The van der Waals surface area contributed by atoms with Crippen molar-refractivity contribution in [2.45, 2.75) is 19.8 Å². The van der Waals surface area contributed by atoms with Crippen molar-refractivity contribution >= 4 is 22.8 Å². The maximum absolute atomic E-state index is 12.3. The zero-order chi connectivity index (χ0) is 15.0. The minimum absolute atomic E-state index is 0.128. The van der Waals surface area contributed by atoms with Gasteiger partial charge in [-0.1, -0.05) is 24.2 Å². The molecular formula is C13H14N6O2. The first-order valence-electron chi connectivity index (χ1n) is 6.47. The van der Waals surface area contributed by atoms with E-state index >= 15 is 0 Å². The minimum atomic E-state index is -0.292. The summed E-state index contributed by atoms with van der Waals surface area (Å²) >= 11 is 0. The first kappa shape index (κ1) is 13.2. The highest BCUT2D eigenvalue weighted by Gasteiger charge is 2.16. The lowest BCUT2D eigenvalue weighted by molar-refractivity contribution is 0.102. The average Bonchev–Trinajstić information content (AvgIpc) is 3.06. The van der Waals surface area contributed by atoms with Gasteiger partial charge in [-0.15, -0.1) is 5.10 Å². The fourth-order valence-electron chi connectivity index (χ4n) is 2.00. The van der Waals surface area contributed by atoms with Crippen molar-refractivity contribution < 1.29 is 9.32 Å². The molecule has 21 heavy (non-hydrogen) atoms. The van der Waals surface area contributed by atoms with Crippen LogP contribution in [0.4, 0.5) is 5.69 Å². The smallest absolute Gasteiger partial charge is 0.257 e. The van der Waals surface area contributed by atoms with E-state index in [0.717, 1.165) is 0 Å². The predicted octanol–water partition coefficient (Wildman–Crippen LogP) is 1.73. The van der Waals surface area contributed by atoms with Gasteiger partial charge in [-0.25, -0.2) is 9.67 Å². The molecule has 0 saturated heterocycles. The normalized spacial score (nSPS) is 11.2. The molecule has 0 spiro atoms. The maximum Gasteiger partial charge on any atom is 0.257 e. The number of aromatic nitrogens is 5. The Morgan fingerprint density at radius 1 is 1.38 bits per heavy atom. The number of fused-ring (bicyclic) bond motifs is 1. The fourth-order valence-corrected chi connectivity index (χ4v) is 2.00. The second-order valence-electron chi connectivity index (χ2n) is 4.99. The van der Waals surface area contributed by atoms with E-state index in [-0.39, 0.29) is 11.8 Å². The molecule has 0 unspecified atom stereocenters. The highest BCUT2D eigenvalue weighted by molar-refractivity contribution is 6.05. The van der Waals surface area contributed by atoms with Crippen LogP contribution in [0, 0.1) is 0 Å². The summed E-state index contributed by atoms with van der Waals surface area (Å²) in [6, 6.07) is 1.65. The van der Waals surface area contributed by atoms with Crippen LogP contribution in [0.25, 0.3) is 11.2 Å². The summed E-state index contributed by atoms with van der Waals surface area (Å²) in [5.41, 5.74) is 2.16. The second kappa shape index (κ2) is 4.97. The van der Waals surface area contributed by atoms with Gasteiger partial charge in [0.25, 0.3) is 5.91 Å². The number of anilines is 1. The molecule has 1 N–H and O–H groups in total. The van der Waals surface area contributed by atoms with E-state index in [0.29, 0.717) is 28.2 Å². The van der Waals surface area contributed by atoms with Crippen molar-refractivity contribution in [3.63, 3.8) is 0 Å². The lowest BCUT2D eigenvalue weighted by Crippen LogP contribution is -2.13. The zero-order valence-electron chi connectivity index (χ0n) is 11.9. The Morgan fingerprint density at radius 3 is 2.95 bits per heavy atom. The van der Waals surface area contributed by atoms with Gasteiger partial charge in [0.2, 0.25) is 0 Å². The first-order chi connectivity index (χ1) is 10.1. The van der Waals surface area contributed by atoms with E-state index in [2.05, 4.69) is 25.8 Å². The van der Waals surface area contributed by atoms with Crippen LogP contribution in [0.2, 0.25) is 0 Å². The van der Waals surface area contributed by atoms with E-state index in [9.17, 15) is 4.79 Å². The van der Waals surface area contributed by atoms with Gasteiger partial charge in [-0.05, 0) is 6.07 Å². The molecule has 0 aliphatic heterocycles. The Bertz CT molecular complexity index is 804. The number of carbonyl (C=O) groups is 1. The molecule has 0 aliphatic rings. The van der Waals surface area contributed by atoms with Gasteiger partial charge in [0, 0.05) is 19.2 Å². The van der Waals surface area contributed by atoms with Crippen molar-refractivity contribution in [1.82, 2.24) is 25.1 Å². The summed E-state index contributed by atoms with van der Waals surface area (Å²) in [4.78, 5) is 16.4. The van der Waals surface area contributed by atoms with E-state index in [1.165, 1.54) is 12.4 Å². The van der Waals surface area contributed by atoms with Gasteiger partial charge >= 0.3 is 0 Å². The molecule has 0 saturated carbocycles. The molecule has 0 fully saturated rings. The van der Waals surface area contributed by atoms with Crippen LogP contribution >= 0.6 is 0 Å². The van der Waals surface area contributed by atoms with Gasteiger partial charge in [0.1, 0.15) is 11.2 Å². The summed E-state index contributed by atoms with van der Waals surface area (Å²) in [6.45, 7) is 3.92. The molecule has 0 atom stereocenters. The Kier molecular flexibility index (Phi) is 3.13. The van der Waals surface area contributed by atoms with Gasteiger partial charge < -0.3 is 9.84 Å². The molecule has 0 aliphatic carbocycles. The van der Waals surface area contributed by atoms with Gasteiger partial charge in [0.15, 0.2) is 11.4 Å². The number of pyridine rings is 1. The van der Waals surface area contributed by atoms with Crippen molar-refractivity contribution in [2.75, 3.05) is 5.32 Å². The Balaban J connectivity index is 1.88. The number of aryl methyl sites for hydroxylation is 1. The van der Waals surface area contributed by atoms with Crippen LogP contribution in [-0.2, 0) is 7.05 Å². The van der Waals surface area contributed by atoms with Gasteiger partial charge in [0.05, 0.1) is 11.8 Å². The molecule has 0 radical (unpaired) electrons. The third kappa shape index (κ3) is 2.35. The molecule has 108 valence electrons. The van der Waals surface area contributed by atoms with Crippen LogP contribution in [0.1, 0.15) is 35.9 Å². The van der Waals surface area contributed by atoms with Crippen LogP contribution in [0.3, 0.4) is 0 Å². The Morgan fingerprint density at radius 2 is 2.19 bits per heavy atom. The monoisotopic (exact) mass is 286 g/mol. The number of nitrogens with one attached hydrogen (secondary N) is 1. The molecule has 1 amide bonds. The van der Waals surface area contributed by atoms with E-state index in [1.807, 2.05) is 13.8 Å². The topological polar surface area (TPSA) is 98.7 Å². The molecule has 8 heteroatoms. The van der Waals surface area contributed by atoms with Crippen molar-refractivity contribution in [3.8, 4) is 0 Å². The summed E-state index contributed by atoms with van der Waals surface area (Å²) in [5, 5.41) is 14.3. The predicted molar refractivity (Wildman–Crippen MR) is 74.8 cm³/mol. The summed E-state index contributed by atoms with van der Waals surface area (Å²) in [5.74, 6) is 0.473. The van der Waals surface area contributed by atoms with Gasteiger partial charge in [-0.2, -0.15) is 0 Å². The molecule has 0 bridgehead atoms. The van der Waals surface area contributed by atoms with Crippen LogP contribution < -0.4 is 5.32 Å². The molecule has 3 heterocycles. The molecule has 0 aromatic carbocycles. The SMILES string of the molecule is CC(C)c1oncc1NC(=O)c1cnc2c(c1)nnn2C. The quantitative estimate of drug-likeness (QED) is 0.787. The largest absolute Gasteiger partial charge is 0.359 e. The first-order valence-corrected chi connectivity index (χ1v) is 6.47. The van der Waals surface area contributed by atoms with E-state index in [4.69, 9.17) is 4.52 Å². The average molecular weight is 286 g/mol. The Labute approximate surface area is 120 Å². The Hall–Kier alpha value is -2.77. The molecular weight excluding hydrogens is 272 g/mol. The number of nitrogens with zero attached hydrogens (tertiary/aromatic N) is 5. The van der Waals surface area contributed by atoms with Crippen molar-refractivity contribution in [2.24, 2.45) is 7.05 Å². The highest BCUT2D eigenvalue weighted by atomic mass is 16.5. The molecule has 8 nitrogen and oxygen atoms in total. The number of hydrogen-bond acceptors (Lipinski definition) is 6. The van der Waals surface area contributed by atoms with E-state index in [1.54, 1.807) is 17.8 Å². The molecule has 3 aromatic heterocycles. The van der Waals surface area contributed by atoms with Crippen LogP contribution in [0.15, 0.2) is 23.0 Å². The summed E-state index contributed by atoms with van der Waals surface area (Å²) in [6.07, 6.45) is 2.98. The van der Waals surface area contributed by atoms with Gasteiger partial charge in [-0.3, -0.25) is 4.79 Å². The fraction of sp³-hybridized carbons (Fsp3) is 0.308. The third-order valence-electron chi connectivity index (χ3n) is 3.07. The number of amides is 1. The second-order valence-corrected chi connectivity index (χ2v) is 4.99. The number of carbonyl (C=O) groups excluding carboxylic acids is 1. The maximum atomic E-state index is 12.3. The summed E-state index contributed by atoms with van der Waals surface area (Å²) in [7, 11) is 1.74. The molecule has 3 aromatic rings. The van der Waals surface area contributed by atoms with Crippen LogP contribution in [0.5, 0.6) is 0 Å². The highest BCUT2D eigenvalue weighted by Crippen LogP contribution is 2.24. The number of rotatable bonds is 3. The number of hydrogen-bond donors (Lipinski definition) is 1. The van der Waals surface area contributed by atoms with Crippen molar-refractivity contribution in [1.29, 1.82) is 0 Å². The molecule has 3 rings (SSSR count). The lowest BCUT2D eigenvalue weighted by atomic mass is 10.1. The van der Waals surface area contributed by atoms with Crippen molar-refractivity contribution in [3.05, 3.63) is 29.8 Å². The van der Waals surface area contributed by atoms with Crippen LogP contribution in [-0.4, -0.2) is 31.0 Å². The third-order valence-corrected chi connectivity index (χ3v) is 3.07.